The zero-order valence-corrected chi connectivity index (χ0v) is 12.8. The molecular weight excluding hydrogens is 280 g/mol. The lowest BCUT2D eigenvalue weighted by molar-refractivity contribution is 0.155. The maximum Gasteiger partial charge on any atom is 0.176 e. The molecule has 2 aliphatic rings. The fraction of sp³-hybridized carbons (Fsp3) is 0.786. The number of hydrogen-bond donors (Lipinski definition) is 0. The third-order valence-corrected chi connectivity index (χ3v) is 5.75. The van der Waals surface area contributed by atoms with Crippen LogP contribution in [0.15, 0.2) is 6.20 Å². The predicted molar refractivity (Wildman–Crippen MR) is 80.2 cm³/mol. The van der Waals surface area contributed by atoms with Gasteiger partial charge in [-0.15, -0.1) is 0 Å². The molecule has 1 aliphatic carbocycles. The van der Waals surface area contributed by atoms with E-state index in [1.54, 1.807) is 6.20 Å². The Morgan fingerprint density at radius 1 is 1.26 bits per heavy atom. The van der Waals surface area contributed by atoms with Crippen LogP contribution in [0.4, 0.5) is 0 Å². The number of halogens is 1. The van der Waals surface area contributed by atoms with Crippen molar-refractivity contribution in [2.45, 2.75) is 62.8 Å². The van der Waals surface area contributed by atoms with Gasteiger partial charge < -0.3 is 4.74 Å². The fourth-order valence-corrected chi connectivity index (χ4v) is 4.36. The fourth-order valence-electron chi connectivity index (χ4n) is 2.90. The predicted octanol–water partition coefficient (Wildman–Crippen LogP) is 4.14. The van der Waals surface area contributed by atoms with Gasteiger partial charge in [-0.3, -0.25) is 0 Å². The molecule has 5 heteroatoms. The molecule has 0 aromatic carbocycles. The Bertz CT molecular complexity index is 412. The van der Waals surface area contributed by atoms with Gasteiger partial charge in [0.2, 0.25) is 0 Å². The van der Waals surface area contributed by atoms with Crippen LogP contribution in [0, 0.1) is 0 Å². The molecule has 0 N–H and O–H groups in total. The van der Waals surface area contributed by atoms with E-state index >= 15 is 0 Å². The van der Waals surface area contributed by atoms with Crippen molar-refractivity contribution < 1.29 is 4.74 Å². The molecule has 0 bridgehead atoms. The van der Waals surface area contributed by atoms with E-state index in [0.29, 0.717) is 16.5 Å². The summed E-state index contributed by atoms with van der Waals surface area (Å²) in [5.74, 6) is 2.05. The van der Waals surface area contributed by atoms with E-state index in [1.807, 2.05) is 16.4 Å². The second-order valence-corrected chi connectivity index (χ2v) is 7.26. The highest BCUT2D eigenvalue weighted by atomic mass is 35.5. The second-order valence-electron chi connectivity index (χ2n) is 5.49. The van der Waals surface area contributed by atoms with Gasteiger partial charge in [0.25, 0.3) is 0 Å². The number of hydrogen-bond acceptors (Lipinski definition) is 3. The monoisotopic (exact) mass is 300 g/mol. The molecule has 19 heavy (non-hydrogen) atoms. The average Bonchev–Trinajstić information content (AvgIpc) is 3.05. The molecule has 1 aromatic rings. The van der Waals surface area contributed by atoms with Crippen LogP contribution in [0.5, 0.6) is 5.75 Å². The van der Waals surface area contributed by atoms with Crippen molar-refractivity contribution in [3.63, 3.8) is 0 Å². The maximum absolute atomic E-state index is 6.39. The van der Waals surface area contributed by atoms with Crippen molar-refractivity contribution in [1.29, 1.82) is 0 Å². The molecule has 3 rings (SSSR count). The van der Waals surface area contributed by atoms with Gasteiger partial charge in [-0.25, -0.2) is 4.68 Å². The van der Waals surface area contributed by atoms with Crippen LogP contribution in [-0.2, 0) is 6.54 Å². The molecule has 0 radical (unpaired) electrons. The Balaban J connectivity index is 1.60. The van der Waals surface area contributed by atoms with Crippen molar-refractivity contribution in [3.05, 3.63) is 11.3 Å². The Morgan fingerprint density at radius 2 is 2.11 bits per heavy atom. The van der Waals surface area contributed by atoms with Crippen LogP contribution < -0.4 is 4.74 Å². The molecule has 0 amide bonds. The maximum atomic E-state index is 6.39. The van der Waals surface area contributed by atoms with Crippen LogP contribution in [0.1, 0.15) is 44.9 Å². The number of aromatic nitrogens is 2. The highest BCUT2D eigenvalue weighted by molar-refractivity contribution is 8.00. The standard InChI is InChI=1S/C14H21ClN2OS/c15-14-13(18-11-5-2-1-3-6-11)9-16-17(14)10-12-7-4-8-19-12/h9,11-12H,1-8,10H2. The van der Waals surface area contributed by atoms with Gasteiger partial charge in [0.05, 0.1) is 18.8 Å². The molecule has 0 spiro atoms. The number of thioether (sulfide) groups is 1. The summed E-state index contributed by atoms with van der Waals surface area (Å²) in [5, 5.41) is 5.74. The molecule has 1 saturated heterocycles. The molecule has 3 nitrogen and oxygen atoms in total. The summed E-state index contributed by atoms with van der Waals surface area (Å²) in [4.78, 5) is 0. The SMILES string of the molecule is Clc1c(OC2CCCCC2)cnn1CC1CCCS1. The van der Waals surface area contributed by atoms with Crippen molar-refractivity contribution in [3.8, 4) is 5.75 Å². The number of ether oxygens (including phenoxy) is 1. The smallest absolute Gasteiger partial charge is 0.176 e. The number of rotatable bonds is 4. The van der Waals surface area contributed by atoms with Crippen molar-refractivity contribution in [2.24, 2.45) is 0 Å². The first-order valence-electron chi connectivity index (χ1n) is 7.32. The lowest BCUT2D eigenvalue weighted by atomic mass is 9.98. The molecule has 1 unspecified atom stereocenters. The minimum atomic E-state index is 0.338. The number of nitrogens with zero attached hydrogens (tertiary/aromatic N) is 2. The van der Waals surface area contributed by atoms with Crippen LogP contribution in [0.2, 0.25) is 5.15 Å². The van der Waals surface area contributed by atoms with Gasteiger partial charge in [-0.2, -0.15) is 16.9 Å². The van der Waals surface area contributed by atoms with Gasteiger partial charge in [0.1, 0.15) is 0 Å². The molecular formula is C14H21ClN2OS. The van der Waals surface area contributed by atoms with Crippen LogP contribution >= 0.6 is 23.4 Å². The van der Waals surface area contributed by atoms with E-state index in [-0.39, 0.29) is 0 Å². The molecule has 1 aliphatic heterocycles. The molecule has 1 atom stereocenters. The molecule has 106 valence electrons. The first-order valence-corrected chi connectivity index (χ1v) is 8.75. The first-order chi connectivity index (χ1) is 9.33. The highest BCUT2D eigenvalue weighted by Gasteiger charge is 2.21. The summed E-state index contributed by atoms with van der Waals surface area (Å²) in [7, 11) is 0. The summed E-state index contributed by atoms with van der Waals surface area (Å²) >= 11 is 8.42. The van der Waals surface area contributed by atoms with Gasteiger partial charge in [0.15, 0.2) is 10.9 Å². The summed E-state index contributed by atoms with van der Waals surface area (Å²) in [5.41, 5.74) is 0. The van der Waals surface area contributed by atoms with E-state index in [4.69, 9.17) is 16.3 Å². The Morgan fingerprint density at radius 3 is 2.84 bits per heavy atom. The molecule has 2 heterocycles. The van der Waals surface area contributed by atoms with Crippen LogP contribution in [0.3, 0.4) is 0 Å². The first kappa shape index (κ1) is 13.6. The van der Waals surface area contributed by atoms with E-state index < -0.39 is 0 Å². The zero-order chi connectivity index (χ0) is 13.1. The topological polar surface area (TPSA) is 27.1 Å². The second kappa shape index (κ2) is 6.40. The van der Waals surface area contributed by atoms with E-state index in [0.717, 1.165) is 25.1 Å². The van der Waals surface area contributed by atoms with Crippen molar-refractivity contribution in [1.82, 2.24) is 9.78 Å². The van der Waals surface area contributed by atoms with E-state index in [9.17, 15) is 0 Å². The lowest BCUT2D eigenvalue weighted by Crippen LogP contribution is -2.19. The third kappa shape index (κ3) is 3.40. The normalized spacial score (nSPS) is 24.8. The minimum absolute atomic E-state index is 0.338. The quantitative estimate of drug-likeness (QED) is 0.836. The van der Waals surface area contributed by atoms with Crippen LogP contribution in [0.25, 0.3) is 0 Å². The summed E-state index contributed by atoms with van der Waals surface area (Å²) in [6.07, 6.45) is 10.9. The van der Waals surface area contributed by atoms with Gasteiger partial charge in [0, 0.05) is 5.25 Å². The van der Waals surface area contributed by atoms with E-state index in [2.05, 4.69) is 5.10 Å². The van der Waals surface area contributed by atoms with Gasteiger partial charge in [-0.05, 0) is 44.3 Å². The molecule has 1 saturated carbocycles. The summed E-state index contributed by atoms with van der Waals surface area (Å²) < 4.78 is 7.91. The lowest BCUT2D eigenvalue weighted by Gasteiger charge is -2.22. The molecule has 1 aromatic heterocycles. The molecule has 2 fully saturated rings. The summed E-state index contributed by atoms with van der Waals surface area (Å²) in [6, 6.07) is 0. The zero-order valence-electron chi connectivity index (χ0n) is 11.2. The minimum Gasteiger partial charge on any atom is -0.486 e. The largest absolute Gasteiger partial charge is 0.486 e. The Kier molecular flexibility index (Phi) is 4.59. The Labute approximate surface area is 124 Å². The highest BCUT2D eigenvalue weighted by Crippen LogP contribution is 2.32. The van der Waals surface area contributed by atoms with Crippen molar-refractivity contribution in [2.75, 3.05) is 5.75 Å². The van der Waals surface area contributed by atoms with Crippen molar-refractivity contribution >= 4 is 23.4 Å². The summed E-state index contributed by atoms with van der Waals surface area (Å²) in [6.45, 7) is 0.914. The average molecular weight is 301 g/mol. The Hall–Kier alpha value is -0.350. The van der Waals surface area contributed by atoms with E-state index in [1.165, 1.54) is 37.9 Å². The van der Waals surface area contributed by atoms with Gasteiger partial charge in [-0.1, -0.05) is 18.0 Å². The van der Waals surface area contributed by atoms with Gasteiger partial charge >= 0.3 is 0 Å². The van der Waals surface area contributed by atoms with Crippen LogP contribution in [-0.4, -0.2) is 26.9 Å². The third-order valence-electron chi connectivity index (χ3n) is 3.99.